The number of aryl methyl sites for hydroxylation is 1. The molecule has 5 nitrogen and oxygen atoms in total. The summed E-state index contributed by atoms with van der Waals surface area (Å²) in [4.78, 5) is 34.4. The van der Waals surface area contributed by atoms with E-state index in [9.17, 15) is 9.59 Å². The molecule has 0 aliphatic carbocycles. The zero-order chi connectivity index (χ0) is 20.4. The van der Waals surface area contributed by atoms with Gasteiger partial charge in [0, 0.05) is 37.6 Å². The maximum Gasteiger partial charge on any atom is 0.265 e. The van der Waals surface area contributed by atoms with Gasteiger partial charge in [-0.1, -0.05) is 37.0 Å². The Hall–Kier alpha value is -1.63. The molecule has 1 saturated heterocycles. The number of carbonyl (C=O) groups excluding carboxylic acids is 2. The molecule has 0 saturated carbocycles. The van der Waals surface area contributed by atoms with E-state index in [0.29, 0.717) is 52.6 Å². The van der Waals surface area contributed by atoms with Crippen molar-refractivity contribution in [1.29, 1.82) is 0 Å². The van der Waals surface area contributed by atoms with Crippen molar-refractivity contribution in [3.8, 4) is 0 Å². The van der Waals surface area contributed by atoms with Gasteiger partial charge >= 0.3 is 0 Å². The second-order valence-electron chi connectivity index (χ2n) is 7.33. The van der Waals surface area contributed by atoms with Crippen molar-refractivity contribution in [3.63, 3.8) is 0 Å². The molecule has 1 aliphatic heterocycles. The molecular weight excluding hydrogens is 417 g/mol. The fraction of sp³-hybridized carbons (Fsp3) is 0.450. The Bertz CT molecular complexity index is 890. The molecule has 0 bridgehead atoms. The predicted octanol–water partition coefficient (Wildman–Crippen LogP) is 4.56. The van der Waals surface area contributed by atoms with Crippen molar-refractivity contribution in [2.24, 2.45) is 5.92 Å². The first-order chi connectivity index (χ1) is 13.3. The van der Waals surface area contributed by atoms with Crippen LogP contribution in [0.1, 0.15) is 44.6 Å². The first kappa shape index (κ1) is 21.1. The van der Waals surface area contributed by atoms with Gasteiger partial charge in [-0.05, 0) is 31.0 Å². The van der Waals surface area contributed by atoms with Gasteiger partial charge in [0.05, 0.1) is 21.3 Å². The number of aromatic nitrogens is 1. The van der Waals surface area contributed by atoms with Crippen LogP contribution in [0.2, 0.25) is 10.0 Å². The van der Waals surface area contributed by atoms with E-state index >= 15 is 0 Å². The summed E-state index contributed by atoms with van der Waals surface area (Å²) >= 11 is 13.5. The zero-order valence-corrected chi connectivity index (χ0v) is 18.5. The lowest BCUT2D eigenvalue weighted by molar-refractivity contribution is 0.0537. The van der Waals surface area contributed by atoms with Crippen LogP contribution in [0.15, 0.2) is 18.2 Å². The van der Waals surface area contributed by atoms with Gasteiger partial charge in [0.2, 0.25) is 0 Å². The molecule has 3 rings (SSSR count). The van der Waals surface area contributed by atoms with Crippen LogP contribution in [0.25, 0.3) is 0 Å². The van der Waals surface area contributed by atoms with Gasteiger partial charge in [0.25, 0.3) is 11.8 Å². The number of hydrogen-bond donors (Lipinski definition) is 0. The van der Waals surface area contributed by atoms with Crippen LogP contribution in [-0.4, -0.2) is 52.8 Å². The molecule has 1 aliphatic rings. The third kappa shape index (κ3) is 4.67. The number of nitrogens with zero attached hydrogens (tertiary/aromatic N) is 3. The molecule has 8 heteroatoms. The van der Waals surface area contributed by atoms with Crippen LogP contribution in [0.3, 0.4) is 0 Å². The number of hydrogen-bond acceptors (Lipinski definition) is 4. The highest BCUT2D eigenvalue weighted by molar-refractivity contribution is 7.13. The molecular formula is C20H23Cl2N3O2S. The maximum atomic E-state index is 12.9. The third-order valence-corrected chi connectivity index (χ3v) is 6.35. The lowest BCUT2D eigenvalue weighted by atomic mass is 10.1. The summed E-state index contributed by atoms with van der Waals surface area (Å²) in [5.41, 5.74) is 1.22. The third-order valence-electron chi connectivity index (χ3n) is 4.63. The summed E-state index contributed by atoms with van der Waals surface area (Å²) < 4.78 is 0. The average molecular weight is 440 g/mol. The highest BCUT2D eigenvalue weighted by Crippen LogP contribution is 2.25. The Morgan fingerprint density at radius 1 is 1.11 bits per heavy atom. The number of piperazine rings is 1. The molecule has 0 atom stereocenters. The zero-order valence-electron chi connectivity index (χ0n) is 16.2. The number of thiazole rings is 1. The Kier molecular flexibility index (Phi) is 6.63. The molecule has 1 aromatic heterocycles. The normalized spacial score (nSPS) is 14.6. The van der Waals surface area contributed by atoms with Gasteiger partial charge in [0.15, 0.2) is 0 Å². The molecule has 0 unspecified atom stereocenters. The van der Waals surface area contributed by atoms with Gasteiger partial charge in [-0.3, -0.25) is 9.59 Å². The summed E-state index contributed by atoms with van der Waals surface area (Å²) in [6.07, 6.45) is 0.878. The van der Waals surface area contributed by atoms with Crippen molar-refractivity contribution >= 4 is 46.4 Å². The van der Waals surface area contributed by atoms with E-state index in [0.717, 1.165) is 17.1 Å². The highest BCUT2D eigenvalue weighted by atomic mass is 35.5. The summed E-state index contributed by atoms with van der Waals surface area (Å²) in [7, 11) is 0. The average Bonchev–Trinajstić information content (AvgIpc) is 3.00. The first-order valence-electron chi connectivity index (χ1n) is 9.26. The van der Waals surface area contributed by atoms with Crippen molar-refractivity contribution in [2.75, 3.05) is 26.2 Å². The van der Waals surface area contributed by atoms with Crippen molar-refractivity contribution in [2.45, 2.75) is 27.2 Å². The van der Waals surface area contributed by atoms with Crippen molar-refractivity contribution in [1.82, 2.24) is 14.8 Å². The Morgan fingerprint density at radius 2 is 1.71 bits per heavy atom. The van der Waals surface area contributed by atoms with Gasteiger partial charge in [0.1, 0.15) is 4.88 Å². The summed E-state index contributed by atoms with van der Waals surface area (Å²) in [6, 6.07) is 4.86. The molecule has 0 radical (unpaired) electrons. The van der Waals surface area contributed by atoms with Crippen LogP contribution in [-0.2, 0) is 6.42 Å². The number of carbonyl (C=O) groups is 2. The van der Waals surface area contributed by atoms with Crippen molar-refractivity contribution < 1.29 is 9.59 Å². The smallest absolute Gasteiger partial charge is 0.265 e. The molecule has 2 heterocycles. The largest absolute Gasteiger partial charge is 0.335 e. The van der Waals surface area contributed by atoms with E-state index in [1.165, 1.54) is 11.3 Å². The summed E-state index contributed by atoms with van der Waals surface area (Å²) in [6.45, 7) is 8.10. The molecule has 1 aromatic carbocycles. The van der Waals surface area contributed by atoms with Crippen LogP contribution in [0.5, 0.6) is 0 Å². The Balaban J connectivity index is 1.64. The molecule has 28 heavy (non-hydrogen) atoms. The molecule has 150 valence electrons. The second kappa shape index (κ2) is 8.80. The fourth-order valence-corrected chi connectivity index (χ4v) is 4.91. The van der Waals surface area contributed by atoms with Gasteiger partial charge in [-0.15, -0.1) is 11.3 Å². The number of amides is 2. The SMILES string of the molecule is Cc1nc(CC(C)C)sc1C(=O)N1CCN(C(=O)c2ccc(Cl)cc2Cl)CC1. The standard InChI is InChI=1S/C20H23Cl2N3O2S/c1-12(2)10-17-23-13(3)18(28-17)20(27)25-8-6-24(7-9-25)19(26)15-5-4-14(21)11-16(15)22/h4-5,11-12H,6-10H2,1-3H3. The van der Waals surface area contributed by atoms with E-state index in [4.69, 9.17) is 23.2 Å². The lowest BCUT2D eigenvalue weighted by Gasteiger charge is -2.34. The Morgan fingerprint density at radius 3 is 2.29 bits per heavy atom. The molecule has 2 aromatic rings. The van der Waals surface area contributed by atoms with E-state index in [2.05, 4.69) is 18.8 Å². The Labute approximate surface area is 179 Å². The van der Waals surface area contributed by atoms with Crippen LogP contribution in [0.4, 0.5) is 0 Å². The van der Waals surface area contributed by atoms with E-state index in [1.54, 1.807) is 28.0 Å². The van der Waals surface area contributed by atoms with Crippen molar-refractivity contribution in [3.05, 3.63) is 49.4 Å². The molecule has 0 N–H and O–H groups in total. The topological polar surface area (TPSA) is 53.5 Å². The predicted molar refractivity (Wildman–Crippen MR) is 114 cm³/mol. The van der Waals surface area contributed by atoms with Crippen LogP contribution >= 0.6 is 34.5 Å². The van der Waals surface area contributed by atoms with E-state index in [1.807, 2.05) is 6.92 Å². The number of benzene rings is 1. The van der Waals surface area contributed by atoms with E-state index in [-0.39, 0.29) is 11.8 Å². The lowest BCUT2D eigenvalue weighted by Crippen LogP contribution is -2.50. The van der Waals surface area contributed by atoms with Gasteiger partial charge < -0.3 is 9.80 Å². The van der Waals surface area contributed by atoms with Gasteiger partial charge in [-0.2, -0.15) is 0 Å². The number of rotatable bonds is 4. The molecule has 2 amide bonds. The minimum Gasteiger partial charge on any atom is -0.335 e. The summed E-state index contributed by atoms with van der Waals surface area (Å²) in [5.74, 6) is 0.367. The number of halogens is 2. The monoisotopic (exact) mass is 439 g/mol. The minimum absolute atomic E-state index is 0.00151. The highest BCUT2D eigenvalue weighted by Gasteiger charge is 2.28. The maximum absolute atomic E-state index is 12.9. The van der Waals surface area contributed by atoms with E-state index < -0.39 is 0 Å². The molecule has 1 fully saturated rings. The quantitative estimate of drug-likeness (QED) is 0.701. The van der Waals surface area contributed by atoms with Crippen LogP contribution < -0.4 is 0 Å². The summed E-state index contributed by atoms with van der Waals surface area (Å²) in [5, 5.41) is 1.84. The van der Waals surface area contributed by atoms with Crippen LogP contribution in [0, 0.1) is 12.8 Å². The first-order valence-corrected chi connectivity index (χ1v) is 10.8. The fourth-order valence-electron chi connectivity index (χ4n) is 3.18. The van der Waals surface area contributed by atoms with Gasteiger partial charge in [-0.25, -0.2) is 4.98 Å². The molecule has 0 spiro atoms. The minimum atomic E-state index is -0.137. The second-order valence-corrected chi connectivity index (χ2v) is 9.26.